The molecule has 1 aromatic heterocycles. The molecule has 4 N–H and O–H groups in total. The van der Waals surface area contributed by atoms with Crippen molar-refractivity contribution in [3.05, 3.63) is 65.9 Å². The van der Waals surface area contributed by atoms with Gasteiger partial charge in [0.25, 0.3) is 5.91 Å². The minimum Gasteiger partial charge on any atom is -0.508 e. The lowest BCUT2D eigenvalue weighted by molar-refractivity contribution is 0.0629. The largest absolute Gasteiger partial charge is 0.508 e. The van der Waals surface area contributed by atoms with Crippen molar-refractivity contribution in [2.75, 3.05) is 13.1 Å². The van der Waals surface area contributed by atoms with Gasteiger partial charge in [0.15, 0.2) is 0 Å². The zero-order chi connectivity index (χ0) is 19.4. The lowest BCUT2D eigenvalue weighted by Crippen LogP contribution is -2.34. The van der Waals surface area contributed by atoms with Crippen LogP contribution in [0.3, 0.4) is 0 Å². The van der Waals surface area contributed by atoms with E-state index in [-0.39, 0.29) is 24.0 Å². The Kier molecular flexibility index (Phi) is 5.42. The van der Waals surface area contributed by atoms with Crippen molar-refractivity contribution in [1.29, 1.82) is 0 Å². The van der Waals surface area contributed by atoms with E-state index in [0.29, 0.717) is 23.5 Å². The van der Waals surface area contributed by atoms with Crippen LogP contribution in [0.15, 0.2) is 54.6 Å². The summed E-state index contributed by atoms with van der Waals surface area (Å²) in [7, 11) is 0. The molecule has 3 rings (SSSR count). The summed E-state index contributed by atoms with van der Waals surface area (Å²) < 4.78 is 0. The van der Waals surface area contributed by atoms with Crippen molar-refractivity contribution < 1.29 is 20.1 Å². The molecule has 1 amide bonds. The molecule has 0 radical (unpaired) electrons. The standard InChI is InChI=1S/C20H21N3O4/c1-2-23(12-19(26)14-4-3-5-16(25)10-14)20(27)18-11-17(21-22-18)13-6-8-15(24)9-7-13/h3-11,19,24-26H,2,12H2,1H3,(H,21,22)/t19-/m1/s1. The summed E-state index contributed by atoms with van der Waals surface area (Å²) >= 11 is 0. The van der Waals surface area contributed by atoms with E-state index in [9.17, 15) is 20.1 Å². The highest BCUT2D eigenvalue weighted by molar-refractivity contribution is 5.93. The number of aromatic amines is 1. The fourth-order valence-electron chi connectivity index (χ4n) is 2.78. The summed E-state index contributed by atoms with van der Waals surface area (Å²) in [5, 5.41) is 36.2. The molecule has 1 atom stereocenters. The Bertz CT molecular complexity index is 921. The number of hydrogen-bond donors (Lipinski definition) is 4. The van der Waals surface area contributed by atoms with Gasteiger partial charge in [0, 0.05) is 12.1 Å². The van der Waals surface area contributed by atoms with Crippen LogP contribution in [0.5, 0.6) is 11.5 Å². The van der Waals surface area contributed by atoms with Gasteiger partial charge >= 0.3 is 0 Å². The van der Waals surface area contributed by atoms with Gasteiger partial charge in [-0.05, 0) is 55.0 Å². The first-order chi connectivity index (χ1) is 13.0. The third-order valence-corrected chi connectivity index (χ3v) is 4.29. The van der Waals surface area contributed by atoms with Crippen LogP contribution >= 0.6 is 0 Å². The Morgan fingerprint density at radius 1 is 1.11 bits per heavy atom. The van der Waals surface area contributed by atoms with Crippen LogP contribution in [-0.4, -0.2) is 49.4 Å². The number of benzene rings is 2. The molecule has 1 heterocycles. The van der Waals surface area contributed by atoms with Gasteiger partial charge in [-0.15, -0.1) is 0 Å². The SMILES string of the molecule is CCN(C[C@@H](O)c1cccc(O)c1)C(=O)c1cc(-c2ccc(O)cc2)n[nH]1. The number of carbonyl (C=O) groups is 1. The molecule has 0 unspecified atom stereocenters. The average molecular weight is 367 g/mol. The molecular formula is C20H21N3O4. The first-order valence-corrected chi connectivity index (χ1v) is 8.59. The van der Waals surface area contributed by atoms with Crippen LogP contribution in [0.25, 0.3) is 11.3 Å². The second-order valence-corrected chi connectivity index (χ2v) is 6.17. The molecule has 3 aromatic rings. The summed E-state index contributed by atoms with van der Waals surface area (Å²) in [6, 6.07) is 14.5. The number of aromatic hydroxyl groups is 2. The van der Waals surface area contributed by atoms with Crippen LogP contribution in [0.2, 0.25) is 0 Å². The van der Waals surface area contributed by atoms with Gasteiger partial charge < -0.3 is 20.2 Å². The van der Waals surface area contributed by atoms with Gasteiger partial charge in [-0.2, -0.15) is 5.10 Å². The highest BCUT2D eigenvalue weighted by atomic mass is 16.3. The molecule has 7 heteroatoms. The number of rotatable bonds is 6. The molecule has 0 fully saturated rings. The molecule has 0 aliphatic rings. The second-order valence-electron chi connectivity index (χ2n) is 6.17. The van der Waals surface area contributed by atoms with Crippen LogP contribution < -0.4 is 0 Å². The van der Waals surface area contributed by atoms with Crippen LogP contribution in [0.4, 0.5) is 0 Å². The number of phenolic OH excluding ortho intramolecular Hbond substituents is 2. The fraction of sp³-hybridized carbons (Fsp3) is 0.200. The number of aromatic nitrogens is 2. The summed E-state index contributed by atoms with van der Waals surface area (Å²) in [6.45, 7) is 2.32. The number of nitrogens with one attached hydrogen (secondary N) is 1. The monoisotopic (exact) mass is 367 g/mol. The molecule has 2 aromatic carbocycles. The minimum atomic E-state index is -0.916. The number of hydrogen-bond acceptors (Lipinski definition) is 5. The Morgan fingerprint density at radius 3 is 2.52 bits per heavy atom. The van der Waals surface area contributed by atoms with Gasteiger partial charge in [-0.3, -0.25) is 9.89 Å². The third-order valence-electron chi connectivity index (χ3n) is 4.29. The summed E-state index contributed by atoms with van der Waals surface area (Å²) in [5.41, 5.74) is 2.20. The van der Waals surface area contributed by atoms with E-state index in [0.717, 1.165) is 5.56 Å². The minimum absolute atomic E-state index is 0.0630. The van der Waals surface area contributed by atoms with Crippen LogP contribution in [0, 0.1) is 0 Å². The summed E-state index contributed by atoms with van der Waals surface area (Å²) in [4.78, 5) is 14.3. The van der Waals surface area contributed by atoms with E-state index in [4.69, 9.17) is 0 Å². The molecule has 7 nitrogen and oxygen atoms in total. The summed E-state index contributed by atoms with van der Waals surface area (Å²) in [6.07, 6.45) is -0.916. The molecule has 140 valence electrons. The van der Waals surface area contributed by atoms with Crippen molar-refractivity contribution in [3.63, 3.8) is 0 Å². The molecule has 0 saturated heterocycles. The molecular weight excluding hydrogens is 346 g/mol. The smallest absolute Gasteiger partial charge is 0.271 e. The Hall–Kier alpha value is -3.32. The molecule has 0 aliphatic heterocycles. The van der Waals surface area contributed by atoms with E-state index in [1.54, 1.807) is 42.5 Å². The molecule has 0 aliphatic carbocycles. The number of aliphatic hydroxyl groups excluding tert-OH is 1. The maximum atomic E-state index is 12.8. The maximum Gasteiger partial charge on any atom is 0.271 e. The van der Waals surface area contributed by atoms with Crippen molar-refractivity contribution in [1.82, 2.24) is 15.1 Å². The van der Waals surface area contributed by atoms with E-state index < -0.39 is 6.10 Å². The Morgan fingerprint density at radius 2 is 1.85 bits per heavy atom. The fourth-order valence-corrected chi connectivity index (χ4v) is 2.78. The van der Waals surface area contributed by atoms with E-state index >= 15 is 0 Å². The number of nitrogens with zero attached hydrogens (tertiary/aromatic N) is 2. The normalized spacial score (nSPS) is 11.9. The summed E-state index contributed by atoms with van der Waals surface area (Å²) in [5.74, 6) is -0.0639. The number of aliphatic hydroxyl groups is 1. The third kappa shape index (κ3) is 4.27. The van der Waals surface area contributed by atoms with Gasteiger partial charge in [0.2, 0.25) is 0 Å². The molecule has 0 spiro atoms. The topological polar surface area (TPSA) is 110 Å². The first kappa shape index (κ1) is 18.5. The Labute approximate surface area is 156 Å². The van der Waals surface area contributed by atoms with Crippen LogP contribution in [-0.2, 0) is 0 Å². The molecule has 0 saturated carbocycles. The van der Waals surface area contributed by atoms with E-state index in [1.807, 2.05) is 6.92 Å². The highest BCUT2D eigenvalue weighted by Crippen LogP contribution is 2.22. The predicted molar refractivity (Wildman–Crippen MR) is 100 cm³/mol. The van der Waals surface area contributed by atoms with Crippen molar-refractivity contribution >= 4 is 5.91 Å². The average Bonchev–Trinajstić information content (AvgIpc) is 3.16. The zero-order valence-electron chi connectivity index (χ0n) is 14.8. The number of phenols is 2. The highest BCUT2D eigenvalue weighted by Gasteiger charge is 2.21. The quantitative estimate of drug-likeness (QED) is 0.535. The number of likely N-dealkylation sites (N-methyl/N-ethyl adjacent to an activating group) is 1. The van der Waals surface area contributed by atoms with E-state index in [2.05, 4.69) is 10.2 Å². The molecule has 0 bridgehead atoms. The van der Waals surface area contributed by atoms with Gasteiger partial charge in [-0.1, -0.05) is 12.1 Å². The van der Waals surface area contributed by atoms with Crippen molar-refractivity contribution in [2.24, 2.45) is 0 Å². The Balaban J connectivity index is 1.74. The lowest BCUT2D eigenvalue weighted by Gasteiger charge is -2.23. The number of carbonyl (C=O) groups excluding carboxylic acids is 1. The maximum absolute atomic E-state index is 12.8. The van der Waals surface area contributed by atoms with Gasteiger partial charge in [0.05, 0.1) is 18.3 Å². The predicted octanol–water partition coefficient (Wildman–Crippen LogP) is 2.68. The van der Waals surface area contributed by atoms with Crippen molar-refractivity contribution in [2.45, 2.75) is 13.0 Å². The van der Waals surface area contributed by atoms with Gasteiger partial charge in [0.1, 0.15) is 17.2 Å². The van der Waals surface area contributed by atoms with Crippen LogP contribution in [0.1, 0.15) is 29.1 Å². The number of amides is 1. The first-order valence-electron chi connectivity index (χ1n) is 8.59. The van der Waals surface area contributed by atoms with Gasteiger partial charge in [-0.25, -0.2) is 0 Å². The zero-order valence-corrected chi connectivity index (χ0v) is 14.8. The number of H-pyrrole nitrogens is 1. The lowest BCUT2D eigenvalue weighted by atomic mass is 10.1. The van der Waals surface area contributed by atoms with Crippen molar-refractivity contribution in [3.8, 4) is 22.8 Å². The van der Waals surface area contributed by atoms with E-state index in [1.165, 1.54) is 17.0 Å². The molecule has 27 heavy (non-hydrogen) atoms. The second kappa shape index (κ2) is 7.92.